The van der Waals surface area contributed by atoms with Crippen molar-refractivity contribution < 1.29 is 4.79 Å². The standard InChI is InChI=1S/C23H28N4OS/c1-4-27(17(2)3)20-9-7-19(8-10-20)23(28)25-13-5-6-22-26-21(16-29-22)18-11-14-24-15-12-18/h7-12,14-17H,4-6,13H2,1-3H3,(H,25,28). The summed E-state index contributed by atoms with van der Waals surface area (Å²) in [6, 6.07) is 12.2. The van der Waals surface area contributed by atoms with E-state index < -0.39 is 0 Å². The fourth-order valence-corrected chi connectivity index (χ4v) is 4.12. The van der Waals surface area contributed by atoms with E-state index >= 15 is 0 Å². The van der Waals surface area contributed by atoms with Gasteiger partial charge in [-0.3, -0.25) is 9.78 Å². The van der Waals surface area contributed by atoms with E-state index in [0.29, 0.717) is 18.2 Å². The fraction of sp³-hybridized carbons (Fsp3) is 0.348. The molecule has 1 N–H and O–H groups in total. The molecule has 3 rings (SSSR count). The lowest BCUT2D eigenvalue weighted by atomic mass is 10.1. The third kappa shape index (κ3) is 5.64. The highest BCUT2D eigenvalue weighted by Crippen LogP contribution is 2.22. The molecule has 0 unspecified atom stereocenters. The number of aryl methyl sites for hydroxylation is 1. The van der Waals surface area contributed by atoms with Gasteiger partial charge in [-0.2, -0.15) is 0 Å². The maximum atomic E-state index is 12.4. The maximum Gasteiger partial charge on any atom is 0.251 e. The normalized spacial score (nSPS) is 10.9. The number of thiazole rings is 1. The highest BCUT2D eigenvalue weighted by molar-refractivity contribution is 7.09. The van der Waals surface area contributed by atoms with E-state index in [-0.39, 0.29) is 5.91 Å². The third-order valence-electron chi connectivity index (χ3n) is 4.81. The molecule has 0 radical (unpaired) electrons. The van der Waals surface area contributed by atoms with E-state index in [9.17, 15) is 4.79 Å². The topological polar surface area (TPSA) is 58.1 Å². The molecule has 0 fully saturated rings. The first-order valence-corrected chi connectivity index (χ1v) is 11.0. The number of nitrogens with zero attached hydrogens (tertiary/aromatic N) is 3. The molecule has 0 bridgehead atoms. The number of hydrogen-bond donors (Lipinski definition) is 1. The first-order valence-electron chi connectivity index (χ1n) is 10.1. The molecular weight excluding hydrogens is 380 g/mol. The predicted octanol–water partition coefficient (Wildman–Crippen LogP) is 4.80. The van der Waals surface area contributed by atoms with Crippen LogP contribution in [0.4, 0.5) is 5.69 Å². The number of pyridine rings is 1. The van der Waals surface area contributed by atoms with Crippen LogP contribution in [0, 0.1) is 0 Å². The number of nitrogens with one attached hydrogen (secondary N) is 1. The van der Waals surface area contributed by atoms with Crippen LogP contribution >= 0.6 is 11.3 Å². The second kappa shape index (κ2) is 10.2. The SMILES string of the molecule is CCN(c1ccc(C(=O)NCCCc2nc(-c3ccncc3)cs2)cc1)C(C)C. The monoisotopic (exact) mass is 408 g/mol. The van der Waals surface area contributed by atoms with Crippen LogP contribution in [0.3, 0.4) is 0 Å². The minimum Gasteiger partial charge on any atom is -0.369 e. The number of amides is 1. The van der Waals surface area contributed by atoms with Crippen molar-refractivity contribution in [1.29, 1.82) is 0 Å². The van der Waals surface area contributed by atoms with Gasteiger partial charge in [0, 0.05) is 60.1 Å². The average molecular weight is 409 g/mol. The molecule has 3 aromatic rings. The molecule has 0 aliphatic carbocycles. The largest absolute Gasteiger partial charge is 0.369 e. The lowest BCUT2D eigenvalue weighted by molar-refractivity contribution is 0.0953. The zero-order valence-electron chi connectivity index (χ0n) is 17.3. The lowest BCUT2D eigenvalue weighted by Gasteiger charge is -2.27. The minimum absolute atomic E-state index is 0.0271. The summed E-state index contributed by atoms with van der Waals surface area (Å²) < 4.78 is 0. The zero-order chi connectivity index (χ0) is 20.6. The first-order chi connectivity index (χ1) is 14.1. The van der Waals surface area contributed by atoms with E-state index in [1.54, 1.807) is 23.7 Å². The molecule has 0 saturated carbocycles. The number of anilines is 1. The number of benzene rings is 1. The van der Waals surface area contributed by atoms with E-state index in [2.05, 4.69) is 46.3 Å². The average Bonchev–Trinajstić information content (AvgIpc) is 3.21. The van der Waals surface area contributed by atoms with Crippen molar-refractivity contribution in [2.45, 2.75) is 39.7 Å². The number of aromatic nitrogens is 2. The van der Waals surface area contributed by atoms with Crippen molar-refractivity contribution in [2.75, 3.05) is 18.0 Å². The molecule has 0 spiro atoms. The van der Waals surface area contributed by atoms with Crippen molar-refractivity contribution in [3.05, 3.63) is 64.7 Å². The van der Waals surface area contributed by atoms with E-state index in [0.717, 1.165) is 41.3 Å². The second-order valence-corrected chi connectivity index (χ2v) is 8.09. The number of carbonyl (C=O) groups is 1. The summed E-state index contributed by atoms with van der Waals surface area (Å²) in [4.78, 5) is 23.4. The van der Waals surface area contributed by atoms with Crippen LogP contribution < -0.4 is 10.2 Å². The van der Waals surface area contributed by atoms with Crippen LogP contribution in [0.1, 0.15) is 42.6 Å². The number of carbonyl (C=O) groups excluding carboxylic acids is 1. The van der Waals surface area contributed by atoms with Gasteiger partial charge in [-0.1, -0.05) is 0 Å². The summed E-state index contributed by atoms with van der Waals surface area (Å²) >= 11 is 1.66. The van der Waals surface area contributed by atoms with Gasteiger partial charge in [-0.05, 0) is 63.6 Å². The molecule has 0 saturated heterocycles. The van der Waals surface area contributed by atoms with Gasteiger partial charge in [0.2, 0.25) is 0 Å². The molecular formula is C23H28N4OS. The smallest absolute Gasteiger partial charge is 0.251 e. The van der Waals surface area contributed by atoms with Gasteiger partial charge in [0.25, 0.3) is 5.91 Å². The molecule has 0 aliphatic rings. The Morgan fingerprint density at radius 3 is 2.52 bits per heavy atom. The summed E-state index contributed by atoms with van der Waals surface area (Å²) in [5.74, 6) is -0.0271. The Morgan fingerprint density at radius 1 is 1.14 bits per heavy atom. The molecule has 6 heteroatoms. The molecule has 0 atom stereocenters. The highest BCUT2D eigenvalue weighted by atomic mass is 32.1. The molecule has 152 valence electrons. The Hall–Kier alpha value is -2.73. The Balaban J connectivity index is 1.46. The molecule has 0 aliphatic heterocycles. The fourth-order valence-electron chi connectivity index (χ4n) is 3.27. The Bertz CT molecular complexity index is 906. The highest BCUT2D eigenvalue weighted by Gasteiger charge is 2.10. The van der Waals surface area contributed by atoms with E-state index in [1.807, 2.05) is 36.4 Å². The van der Waals surface area contributed by atoms with Crippen LogP contribution in [-0.4, -0.2) is 35.0 Å². The van der Waals surface area contributed by atoms with Gasteiger partial charge in [0.15, 0.2) is 0 Å². The third-order valence-corrected chi connectivity index (χ3v) is 5.71. The number of hydrogen-bond acceptors (Lipinski definition) is 5. The molecule has 2 heterocycles. The molecule has 1 amide bonds. The zero-order valence-corrected chi connectivity index (χ0v) is 18.1. The molecule has 2 aromatic heterocycles. The van der Waals surface area contributed by atoms with Crippen LogP contribution in [0.2, 0.25) is 0 Å². The van der Waals surface area contributed by atoms with Gasteiger partial charge in [-0.15, -0.1) is 11.3 Å². The van der Waals surface area contributed by atoms with Gasteiger partial charge in [0.1, 0.15) is 0 Å². The second-order valence-electron chi connectivity index (χ2n) is 7.15. The predicted molar refractivity (Wildman–Crippen MR) is 121 cm³/mol. The molecule has 1 aromatic carbocycles. The Kier molecular flexibility index (Phi) is 7.36. The Labute approximate surface area is 176 Å². The lowest BCUT2D eigenvalue weighted by Crippen LogP contribution is -2.30. The maximum absolute atomic E-state index is 12.4. The van der Waals surface area contributed by atoms with Crippen molar-refractivity contribution >= 4 is 22.9 Å². The van der Waals surface area contributed by atoms with Gasteiger partial charge >= 0.3 is 0 Å². The summed E-state index contributed by atoms with van der Waals surface area (Å²) in [7, 11) is 0. The van der Waals surface area contributed by atoms with Crippen molar-refractivity contribution in [1.82, 2.24) is 15.3 Å². The van der Waals surface area contributed by atoms with Gasteiger partial charge < -0.3 is 10.2 Å². The quantitative estimate of drug-likeness (QED) is 0.517. The van der Waals surface area contributed by atoms with Crippen LogP contribution in [-0.2, 0) is 6.42 Å². The van der Waals surface area contributed by atoms with Gasteiger partial charge in [-0.25, -0.2) is 4.98 Å². The summed E-state index contributed by atoms with van der Waals surface area (Å²) in [6.07, 6.45) is 5.27. The Morgan fingerprint density at radius 2 is 1.86 bits per heavy atom. The minimum atomic E-state index is -0.0271. The summed E-state index contributed by atoms with van der Waals surface area (Å²) in [5.41, 5.74) is 3.91. The van der Waals surface area contributed by atoms with Crippen molar-refractivity contribution in [3.8, 4) is 11.3 Å². The number of rotatable bonds is 9. The molecule has 29 heavy (non-hydrogen) atoms. The molecule has 5 nitrogen and oxygen atoms in total. The summed E-state index contributed by atoms with van der Waals surface area (Å²) in [6.45, 7) is 8.07. The van der Waals surface area contributed by atoms with Crippen molar-refractivity contribution in [2.24, 2.45) is 0 Å². The van der Waals surface area contributed by atoms with Gasteiger partial charge in [0.05, 0.1) is 10.7 Å². The van der Waals surface area contributed by atoms with E-state index in [1.165, 1.54) is 0 Å². The van der Waals surface area contributed by atoms with Crippen LogP contribution in [0.5, 0.6) is 0 Å². The summed E-state index contributed by atoms with van der Waals surface area (Å²) in [5, 5.41) is 6.17. The van der Waals surface area contributed by atoms with Crippen LogP contribution in [0.25, 0.3) is 11.3 Å². The first kappa shape index (κ1) is 21.0. The van der Waals surface area contributed by atoms with E-state index in [4.69, 9.17) is 0 Å². The van der Waals surface area contributed by atoms with Crippen LogP contribution in [0.15, 0.2) is 54.2 Å². The van der Waals surface area contributed by atoms with Crippen molar-refractivity contribution in [3.63, 3.8) is 0 Å².